The summed E-state index contributed by atoms with van der Waals surface area (Å²) in [6, 6.07) is 7.65. The van der Waals surface area contributed by atoms with Crippen LogP contribution in [0, 0.1) is 4.77 Å². The summed E-state index contributed by atoms with van der Waals surface area (Å²) < 4.78 is 47.6. The molecule has 3 aromatic rings. The van der Waals surface area contributed by atoms with Crippen LogP contribution in [0.15, 0.2) is 35.1 Å². The maximum absolute atomic E-state index is 13.6. The number of ether oxygens (including phenoxy) is 1. The Labute approximate surface area is 157 Å². The molecule has 1 aromatic carbocycles. The Bertz CT molecular complexity index is 1120. The van der Waals surface area contributed by atoms with Gasteiger partial charge in [0, 0.05) is 5.69 Å². The second-order valence-corrected chi connectivity index (χ2v) is 6.09. The number of para-hydroxylation sites is 2. The van der Waals surface area contributed by atoms with Crippen molar-refractivity contribution in [3.63, 3.8) is 0 Å². The molecule has 0 aliphatic heterocycles. The molecule has 0 aliphatic rings. The maximum Gasteiger partial charge on any atom is 0.417 e. The number of hydrogen-bond acceptors (Lipinski definition) is 4. The molecular formula is C18H16F3N3O2S. The third kappa shape index (κ3) is 3.46. The van der Waals surface area contributed by atoms with Gasteiger partial charge >= 0.3 is 6.18 Å². The SMILES string of the molecule is CCOc1ccccc1-n1c(=S)[nH]c(=O)c2c(C(F)(F)F)cc(CC)nc21. The lowest BCUT2D eigenvalue weighted by molar-refractivity contribution is -0.136. The van der Waals surface area contributed by atoms with E-state index in [9.17, 15) is 18.0 Å². The molecule has 0 radical (unpaired) electrons. The summed E-state index contributed by atoms with van der Waals surface area (Å²) in [6.07, 6.45) is -4.44. The largest absolute Gasteiger partial charge is 0.492 e. The Morgan fingerprint density at radius 3 is 2.59 bits per heavy atom. The van der Waals surface area contributed by atoms with Crippen LogP contribution in [-0.4, -0.2) is 21.1 Å². The Hall–Kier alpha value is -2.68. The van der Waals surface area contributed by atoms with Crippen LogP contribution in [0.3, 0.4) is 0 Å². The Morgan fingerprint density at radius 1 is 1.26 bits per heavy atom. The molecule has 0 spiro atoms. The number of rotatable bonds is 4. The highest BCUT2D eigenvalue weighted by Gasteiger charge is 2.35. The van der Waals surface area contributed by atoms with Crippen LogP contribution in [0.1, 0.15) is 25.1 Å². The second-order valence-electron chi connectivity index (χ2n) is 5.71. The van der Waals surface area contributed by atoms with Gasteiger partial charge in [-0.1, -0.05) is 19.1 Å². The quantitative estimate of drug-likeness (QED) is 0.665. The van der Waals surface area contributed by atoms with E-state index in [0.717, 1.165) is 6.07 Å². The standard InChI is InChI=1S/C18H16F3N3O2S/c1-3-10-9-11(18(19,20)21)14-15(22-10)24(17(27)23-16(14)25)12-7-5-6-8-13(12)26-4-2/h5-9H,3-4H2,1-2H3,(H,23,25,27). The number of hydrogen-bond donors (Lipinski definition) is 1. The van der Waals surface area contributed by atoms with Crippen molar-refractivity contribution in [2.24, 2.45) is 0 Å². The molecule has 0 bridgehead atoms. The van der Waals surface area contributed by atoms with Crippen molar-refractivity contribution < 1.29 is 17.9 Å². The second kappa shape index (κ2) is 7.15. The number of nitrogens with one attached hydrogen (secondary N) is 1. The number of H-pyrrole nitrogens is 1. The maximum atomic E-state index is 13.6. The first kappa shape index (κ1) is 19.1. The normalized spacial score (nSPS) is 11.7. The lowest BCUT2D eigenvalue weighted by atomic mass is 10.1. The summed E-state index contributed by atoms with van der Waals surface area (Å²) in [5.74, 6) is 0.418. The van der Waals surface area contributed by atoms with Crippen molar-refractivity contribution in [3.05, 3.63) is 56.7 Å². The number of aromatic amines is 1. The van der Waals surface area contributed by atoms with Crippen LogP contribution < -0.4 is 10.3 Å². The monoisotopic (exact) mass is 395 g/mol. The van der Waals surface area contributed by atoms with Crippen molar-refractivity contribution in [3.8, 4) is 11.4 Å². The molecule has 0 unspecified atom stereocenters. The first-order valence-electron chi connectivity index (χ1n) is 8.26. The molecule has 142 valence electrons. The summed E-state index contributed by atoms with van der Waals surface area (Å²) >= 11 is 5.24. The van der Waals surface area contributed by atoms with E-state index in [1.807, 2.05) is 0 Å². The van der Waals surface area contributed by atoms with E-state index in [2.05, 4.69) is 9.97 Å². The van der Waals surface area contributed by atoms with Crippen LogP contribution in [0.2, 0.25) is 0 Å². The third-order valence-corrected chi connectivity index (χ3v) is 4.27. The van der Waals surface area contributed by atoms with Crippen LogP contribution in [0.4, 0.5) is 13.2 Å². The van der Waals surface area contributed by atoms with Crippen molar-refractivity contribution in [2.75, 3.05) is 6.61 Å². The summed E-state index contributed by atoms with van der Waals surface area (Å²) in [5, 5.41) is -0.556. The van der Waals surface area contributed by atoms with Gasteiger partial charge in [-0.3, -0.25) is 14.3 Å². The zero-order valence-electron chi connectivity index (χ0n) is 14.6. The average molecular weight is 395 g/mol. The molecule has 2 aromatic heterocycles. The lowest BCUT2D eigenvalue weighted by Gasteiger charge is -2.17. The van der Waals surface area contributed by atoms with Crippen molar-refractivity contribution in [1.29, 1.82) is 0 Å². The zero-order valence-corrected chi connectivity index (χ0v) is 15.4. The van der Waals surface area contributed by atoms with Gasteiger partial charge in [-0.25, -0.2) is 4.98 Å². The number of pyridine rings is 1. The van der Waals surface area contributed by atoms with Gasteiger partial charge < -0.3 is 4.74 Å². The number of fused-ring (bicyclic) bond motifs is 1. The highest BCUT2D eigenvalue weighted by atomic mass is 32.1. The Kier molecular flexibility index (Phi) is 5.05. The van der Waals surface area contributed by atoms with Gasteiger partial charge in [0.1, 0.15) is 5.75 Å². The summed E-state index contributed by atoms with van der Waals surface area (Å²) in [6.45, 7) is 3.83. The van der Waals surface area contributed by atoms with E-state index < -0.39 is 22.7 Å². The van der Waals surface area contributed by atoms with E-state index in [-0.39, 0.29) is 22.5 Å². The molecule has 0 saturated carbocycles. The van der Waals surface area contributed by atoms with E-state index in [1.54, 1.807) is 38.1 Å². The molecule has 0 amide bonds. The average Bonchev–Trinajstić information content (AvgIpc) is 2.61. The molecule has 0 aliphatic carbocycles. The summed E-state index contributed by atoms with van der Waals surface area (Å²) in [7, 11) is 0. The molecular weight excluding hydrogens is 379 g/mol. The fraction of sp³-hybridized carbons (Fsp3) is 0.278. The smallest absolute Gasteiger partial charge is 0.417 e. The molecule has 1 N–H and O–H groups in total. The highest BCUT2D eigenvalue weighted by Crippen LogP contribution is 2.34. The van der Waals surface area contributed by atoms with Crippen LogP contribution in [0.5, 0.6) is 5.75 Å². The molecule has 0 atom stereocenters. The molecule has 27 heavy (non-hydrogen) atoms. The van der Waals surface area contributed by atoms with Gasteiger partial charge in [0.05, 0.1) is 23.2 Å². The van der Waals surface area contributed by atoms with Gasteiger partial charge in [0.15, 0.2) is 10.4 Å². The van der Waals surface area contributed by atoms with Gasteiger partial charge in [-0.15, -0.1) is 0 Å². The van der Waals surface area contributed by atoms with Crippen LogP contribution in [-0.2, 0) is 12.6 Å². The first-order valence-corrected chi connectivity index (χ1v) is 8.67. The number of aromatic nitrogens is 3. The van der Waals surface area contributed by atoms with E-state index >= 15 is 0 Å². The number of benzene rings is 1. The fourth-order valence-electron chi connectivity index (χ4n) is 2.83. The topological polar surface area (TPSA) is 59.9 Å². The molecule has 3 rings (SSSR count). The van der Waals surface area contributed by atoms with E-state index in [1.165, 1.54) is 4.57 Å². The van der Waals surface area contributed by atoms with Gasteiger partial charge in [-0.05, 0) is 43.8 Å². The number of halogens is 3. The molecule has 2 heterocycles. The zero-order chi connectivity index (χ0) is 19.8. The minimum atomic E-state index is -4.71. The fourth-order valence-corrected chi connectivity index (χ4v) is 3.11. The Morgan fingerprint density at radius 2 is 1.96 bits per heavy atom. The van der Waals surface area contributed by atoms with E-state index in [0.29, 0.717) is 18.0 Å². The molecule has 0 saturated heterocycles. The predicted octanol–water partition coefficient (Wildman–Crippen LogP) is 4.42. The van der Waals surface area contributed by atoms with Gasteiger partial charge in [-0.2, -0.15) is 13.2 Å². The summed E-state index contributed by atoms with van der Waals surface area (Å²) in [5.41, 5.74) is -1.51. The van der Waals surface area contributed by atoms with Crippen LogP contribution >= 0.6 is 12.2 Å². The van der Waals surface area contributed by atoms with Crippen molar-refractivity contribution >= 4 is 23.3 Å². The number of nitrogens with zero attached hydrogens (tertiary/aromatic N) is 2. The highest BCUT2D eigenvalue weighted by molar-refractivity contribution is 7.71. The van der Waals surface area contributed by atoms with Gasteiger partial charge in [0.2, 0.25) is 0 Å². The lowest BCUT2D eigenvalue weighted by Crippen LogP contribution is -2.20. The minimum Gasteiger partial charge on any atom is -0.492 e. The van der Waals surface area contributed by atoms with E-state index in [4.69, 9.17) is 17.0 Å². The molecule has 5 nitrogen and oxygen atoms in total. The number of alkyl halides is 3. The Balaban J connectivity index is 2.52. The molecule has 9 heteroatoms. The first-order chi connectivity index (χ1) is 12.8. The van der Waals surface area contributed by atoms with Gasteiger partial charge in [0.25, 0.3) is 5.56 Å². The predicted molar refractivity (Wildman–Crippen MR) is 98.1 cm³/mol. The summed E-state index contributed by atoms with van der Waals surface area (Å²) in [4.78, 5) is 19.0. The minimum absolute atomic E-state index is 0.0615. The molecule has 0 fully saturated rings. The van der Waals surface area contributed by atoms with Crippen molar-refractivity contribution in [2.45, 2.75) is 26.4 Å². The van der Waals surface area contributed by atoms with Crippen molar-refractivity contribution in [1.82, 2.24) is 14.5 Å². The third-order valence-electron chi connectivity index (χ3n) is 3.99. The van der Waals surface area contributed by atoms with Crippen LogP contribution in [0.25, 0.3) is 16.7 Å². The number of aryl methyl sites for hydroxylation is 1.